The lowest BCUT2D eigenvalue weighted by Crippen LogP contribution is -2.19. The van der Waals surface area contributed by atoms with Crippen molar-refractivity contribution >= 4 is 42.4 Å². The van der Waals surface area contributed by atoms with Gasteiger partial charge in [-0.15, -0.1) is 24.8 Å². The van der Waals surface area contributed by atoms with E-state index in [9.17, 15) is 0 Å². The minimum atomic E-state index is 0. The largest absolute Gasteiger partial charge is 0.354 e. The molecule has 0 radical (unpaired) electrons. The molecule has 1 heterocycles. The van der Waals surface area contributed by atoms with Gasteiger partial charge in [-0.2, -0.15) is 0 Å². The fourth-order valence-corrected chi connectivity index (χ4v) is 0.970. The molecule has 0 spiro atoms. The Labute approximate surface area is 107 Å². The second kappa shape index (κ2) is 8.97. The molecule has 0 bridgehead atoms. The fourth-order valence-electron chi connectivity index (χ4n) is 0.833. The number of hydrogen-bond donors (Lipinski definition) is 2. The van der Waals surface area contributed by atoms with Gasteiger partial charge < -0.3 is 11.1 Å². The molecule has 0 aliphatic rings. The van der Waals surface area contributed by atoms with Crippen LogP contribution in [-0.2, 0) is 0 Å². The van der Waals surface area contributed by atoms with Crippen LogP contribution in [0.3, 0.4) is 0 Å². The van der Waals surface area contributed by atoms with Crippen molar-refractivity contribution in [1.29, 1.82) is 0 Å². The van der Waals surface area contributed by atoms with Gasteiger partial charge in [-0.05, 0) is 19.4 Å². The number of hydrogen-bond acceptors (Lipinski definition) is 4. The predicted octanol–water partition coefficient (Wildman–Crippen LogP) is 2.12. The molecule has 7 heteroatoms. The Morgan fingerprint density at radius 3 is 2.73 bits per heavy atom. The standard InChI is InChI=1S/C8H13ClN4.2ClH/c1-6(10)2-4-11-8-12-5-3-7(9)13-8;;/h3,5-6H,2,4,10H2,1H3,(H,11,12,13);2*1H. The van der Waals surface area contributed by atoms with Crippen molar-refractivity contribution < 1.29 is 0 Å². The van der Waals surface area contributed by atoms with Crippen LogP contribution in [0.5, 0.6) is 0 Å². The van der Waals surface area contributed by atoms with Crippen molar-refractivity contribution in [3.8, 4) is 0 Å². The lowest BCUT2D eigenvalue weighted by molar-refractivity contribution is 0.688. The summed E-state index contributed by atoms with van der Waals surface area (Å²) in [7, 11) is 0. The van der Waals surface area contributed by atoms with Crippen LogP contribution in [0.4, 0.5) is 5.95 Å². The van der Waals surface area contributed by atoms with E-state index in [0.29, 0.717) is 11.1 Å². The van der Waals surface area contributed by atoms with E-state index >= 15 is 0 Å². The van der Waals surface area contributed by atoms with Crippen molar-refractivity contribution in [2.45, 2.75) is 19.4 Å². The molecule has 1 unspecified atom stereocenters. The van der Waals surface area contributed by atoms with E-state index in [-0.39, 0.29) is 30.9 Å². The summed E-state index contributed by atoms with van der Waals surface area (Å²) in [4.78, 5) is 7.96. The summed E-state index contributed by atoms with van der Waals surface area (Å²) in [6.45, 7) is 2.72. The van der Waals surface area contributed by atoms with Crippen LogP contribution in [0.2, 0.25) is 5.15 Å². The number of nitrogens with zero attached hydrogens (tertiary/aromatic N) is 2. The van der Waals surface area contributed by atoms with Gasteiger partial charge in [0.25, 0.3) is 0 Å². The maximum Gasteiger partial charge on any atom is 0.224 e. The summed E-state index contributed by atoms with van der Waals surface area (Å²) in [5.74, 6) is 0.549. The summed E-state index contributed by atoms with van der Waals surface area (Å²) in [5.41, 5.74) is 5.58. The molecule has 0 amide bonds. The molecule has 0 fully saturated rings. The number of rotatable bonds is 4. The van der Waals surface area contributed by atoms with Gasteiger partial charge in [0.05, 0.1) is 0 Å². The van der Waals surface area contributed by atoms with Crippen molar-refractivity contribution in [2.24, 2.45) is 5.73 Å². The second-order valence-electron chi connectivity index (χ2n) is 2.90. The number of anilines is 1. The van der Waals surface area contributed by atoms with Gasteiger partial charge in [-0.1, -0.05) is 11.6 Å². The fraction of sp³-hybridized carbons (Fsp3) is 0.500. The molecule has 1 aromatic heterocycles. The SMILES string of the molecule is CC(N)CCNc1nccc(Cl)n1.Cl.Cl. The number of nitrogens with two attached hydrogens (primary N) is 1. The van der Waals surface area contributed by atoms with E-state index in [0.717, 1.165) is 13.0 Å². The number of aromatic nitrogens is 2. The Morgan fingerprint density at radius 2 is 2.20 bits per heavy atom. The maximum atomic E-state index is 5.67. The van der Waals surface area contributed by atoms with Crippen LogP contribution in [0, 0.1) is 0 Å². The van der Waals surface area contributed by atoms with E-state index in [1.807, 2.05) is 6.92 Å². The summed E-state index contributed by atoms with van der Waals surface area (Å²) in [6, 6.07) is 1.82. The Balaban J connectivity index is 0. The molecule has 0 aromatic carbocycles. The molecule has 88 valence electrons. The lowest BCUT2D eigenvalue weighted by Gasteiger charge is -2.06. The number of halogens is 3. The molecule has 4 nitrogen and oxygen atoms in total. The van der Waals surface area contributed by atoms with Gasteiger partial charge in [-0.3, -0.25) is 0 Å². The van der Waals surface area contributed by atoms with Gasteiger partial charge in [0.15, 0.2) is 0 Å². The third kappa shape index (κ3) is 7.62. The highest BCUT2D eigenvalue weighted by molar-refractivity contribution is 6.29. The van der Waals surface area contributed by atoms with Crippen LogP contribution in [0.15, 0.2) is 12.3 Å². The van der Waals surface area contributed by atoms with E-state index < -0.39 is 0 Å². The van der Waals surface area contributed by atoms with Gasteiger partial charge in [0, 0.05) is 18.8 Å². The molecular formula is C8H15Cl3N4. The Bertz CT molecular complexity index is 270. The van der Waals surface area contributed by atoms with Crippen LogP contribution in [0.1, 0.15) is 13.3 Å². The number of nitrogens with one attached hydrogen (secondary N) is 1. The first-order valence-electron chi connectivity index (χ1n) is 4.16. The first kappa shape index (κ1) is 17.1. The quantitative estimate of drug-likeness (QED) is 0.825. The molecule has 0 saturated carbocycles. The molecular weight excluding hydrogens is 258 g/mol. The summed E-state index contributed by atoms with van der Waals surface area (Å²) < 4.78 is 0. The molecule has 0 saturated heterocycles. The smallest absolute Gasteiger partial charge is 0.224 e. The van der Waals surface area contributed by atoms with Gasteiger partial charge >= 0.3 is 0 Å². The van der Waals surface area contributed by atoms with Crippen LogP contribution in [0.25, 0.3) is 0 Å². The van der Waals surface area contributed by atoms with Gasteiger partial charge in [0.1, 0.15) is 5.15 Å². The van der Waals surface area contributed by atoms with E-state index in [4.69, 9.17) is 17.3 Å². The molecule has 1 rings (SSSR count). The van der Waals surface area contributed by atoms with Gasteiger partial charge in [-0.25, -0.2) is 9.97 Å². The summed E-state index contributed by atoms with van der Waals surface area (Å²) in [5, 5.41) is 3.47. The lowest BCUT2D eigenvalue weighted by atomic mass is 10.2. The predicted molar refractivity (Wildman–Crippen MR) is 68.3 cm³/mol. The topological polar surface area (TPSA) is 63.8 Å². The van der Waals surface area contributed by atoms with Crippen molar-refractivity contribution in [2.75, 3.05) is 11.9 Å². The summed E-state index contributed by atoms with van der Waals surface area (Å²) >= 11 is 5.67. The molecule has 0 aliphatic carbocycles. The van der Waals surface area contributed by atoms with E-state index in [2.05, 4.69) is 15.3 Å². The zero-order valence-corrected chi connectivity index (χ0v) is 10.7. The first-order valence-corrected chi connectivity index (χ1v) is 4.54. The van der Waals surface area contributed by atoms with Crippen LogP contribution < -0.4 is 11.1 Å². The molecule has 1 aromatic rings. The normalized spacial score (nSPS) is 10.9. The molecule has 0 aliphatic heterocycles. The highest BCUT2D eigenvalue weighted by Crippen LogP contribution is 2.05. The zero-order chi connectivity index (χ0) is 9.68. The minimum Gasteiger partial charge on any atom is -0.354 e. The summed E-state index contributed by atoms with van der Waals surface area (Å²) in [6.07, 6.45) is 2.50. The van der Waals surface area contributed by atoms with E-state index in [1.165, 1.54) is 0 Å². The maximum absolute atomic E-state index is 5.67. The van der Waals surface area contributed by atoms with Crippen LogP contribution >= 0.6 is 36.4 Å². The average Bonchev–Trinajstić information content (AvgIpc) is 2.03. The molecule has 15 heavy (non-hydrogen) atoms. The van der Waals surface area contributed by atoms with Gasteiger partial charge in [0.2, 0.25) is 5.95 Å². The zero-order valence-electron chi connectivity index (χ0n) is 8.31. The van der Waals surface area contributed by atoms with Crippen molar-refractivity contribution in [3.05, 3.63) is 17.4 Å². The monoisotopic (exact) mass is 272 g/mol. The Kier molecular flexibility index (Phi) is 10.2. The Hall–Kier alpha value is -0.290. The molecule has 3 N–H and O–H groups in total. The third-order valence-electron chi connectivity index (χ3n) is 1.50. The first-order chi connectivity index (χ1) is 6.18. The molecule has 1 atom stereocenters. The van der Waals surface area contributed by atoms with Crippen molar-refractivity contribution in [3.63, 3.8) is 0 Å². The average molecular weight is 274 g/mol. The highest BCUT2D eigenvalue weighted by atomic mass is 35.5. The highest BCUT2D eigenvalue weighted by Gasteiger charge is 1.97. The van der Waals surface area contributed by atoms with Crippen molar-refractivity contribution in [1.82, 2.24) is 9.97 Å². The minimum absolute atomic E-state index is 0. The van der Waals surface area contributed by atoms with Crippen LogP contribution in [-0.4, -0.2) is 22.6 Å². The third-order valence-corrected chi connectivity index (χ3v) is 1.71. The van der Waals surface area contributed by atoms with E-state index in [1.54, 1.807) is 12.3 Å². The second-order valence-corrected chi connectivity index (χ2v) is 3.28. The Morgan fingerprint density at radius 1 is 1.53 bits per heavy atom.